The molecule has 3 atom stereocenters. The zero-order valence-corrected chi connectivity index (χ0v) is 13.7. The van der Waals surface area contributed by atoms with Crippen LogP contribution in [0.5, 0.6) is 0 Å². The average molecular weight is 316 g/mol. The fourth-order valence-corrected chi connectivity index (χ4v) is 3.20. The SMILES string of the molecule is CCC(NCC1CCOC1CC)c1ccc(Cl)c(Cl)c1. The number of nitrogens with one attached hydrogen (secondary N) is 1. The van der Waals surface area contributed by atoms with Crippen LogP contribution in [0.4, 0.5) is 0 Å². The van der Waals surface area contributed by atoms with E-state index in [2.05, 4.69) is 25.2 Å². The molecule has 0 aliphatic carbocycles. The van der Waals surface area contributed by atoms with Crippen LogP contribution < -0.4 is 5.32 Å². The van der Waals surface area contributed by atoms with Crippen LogP contribution in [0.15, 0.2) is 18.2 Å². The normalized spacial score (nSPS) is 24.0. The molecule has 1 fully saturated rings. The maximum atomic E-state index is 6.11. The summed E-state index contributed by atoms with van der Waals surface area (Å²) in [4.78, 5) is 0. The van der Waals surface area contributed by atoms with E-state index in [-0.39, 0.29) is 0 Å². The molecule has 0 bridgehead atoms. The van der Waals surface area contributed by atoms with Crippen LogP contribution in [0.1, 0.15) is 44.7 Å². The van der Waals surface area contributed by atoms with Gasteiger partial charge in [0, 0.05) is 19.2 Å². The van der Waals surface area contributed by atoms with Crippen molar-refractivity contribution in [3.05, 3.63) is 33.8 Å². The van der Waals surface area contributed by atoms with Crippen molar-refractivity contribution in [1.82, 2.24) is 5.32 Å². The maximum Gasteiger partial charge on any atom is 0.0613 e. The van der Waals surface area contributed by atoms with Gasteiger partial charge in [-0.2, -0.15) is 0 Å². The molecule has 1 heterocycles. The highest BCUT2D eigenvalue weighted by Crippen LogP contribution is 2.28. The van der Waals surface area contributed by atoms with E-state index in [9.17, 15) is 0 Å². The molecule has 0 saturated carbocycles. The molecular weight excluding hydrogens is 293 g/mol. The van der Waals surface area contributed by atoms with Crippen molar-refractivity contribution in [2.45, 2.75) is 45.3 Å². The van der Waals surface area contributed by atoms with Gasteiger partial charge in [-0.1, -0.05) is 43.1 Å². The molecule has 1 saturated heterocycles. The Hall–Kier alpha value is -0.280. The first kappa shape index (κ1) is 16.1. The van der Waals surface area contributed by atoms with Crippen LogP contribution in [-0.2, 0) is 4.74 Å². The highest BCUT2D eigenvalue weighted by atomic mass is 35.5. The molecule has 0 amide bonds. The van der Waals surface area contributed by atoms with E-state index >= 15 is 0 Å². The number of hydrogen-bond acceptors (Lipinski definition) is 2. The first-order valence-electron chi connectivity index (χ1n) is 7.45. The number of rotatable bonds is 6. The van der Waals surface area contributed by atoms with E-state index in [1.165, 1.54) is 5.56 Å². The fourth-order valence-electron chi connectivity index (χ4n) is 2.90. The van der Waals surface area contributed by atoms with Crippen LogP contribution >= 0.6 is 23.2 Å². The molecule has 1 aliphatic rings. The van der Waals surface area contributed by atoms with Crippen molar-refractivity contribution in [2.75, 3.05) is 13.2 Å². The van der Waals surface area contributed by atoms with Crippen LogP contribution in [0.2, 0.25) is 10.0 Å². The molecule has 1 aromatic rings. The monoisotopic (exact) mass is 315 g/mol. The summed E-state index contributed by atoms with van der Waals surface area (Å²) in [5.41, 5.74) is 1.20. The van der Waals surface area contributed by atoms with Gasteiger partial charge in [-0.3, -0.25) is 0 Å². The molecule has 1 N–H and O–H groups in total. The van der Waals surface area contributed by atoms with Crippen LogP contribution in [0.25, 0.3) is 0 Å². The number of benzene rings is 1. The summed E-state index contributed by atoms with van der Waals surface area (Å²) < 4.78 is 5.74. The van der Waals surface area contributed by atoms with E-state index in [0.717, 1.165) is 32.4 Å². The van der Waals surface area contributed by atoms with Gasteiger partial charge < -0.3 is 10.1 Å². The number of halogens is 2. The lowest BCUT2D eigenvalue weighted by Gasteiger charge is -2.23. The van der Waals surface area contributed by atoms with Crippen LogP contribution in [-0.4, -0.2) is 19.3 Å². The summed E-state index contributed by atoms with van der Waals surface area (Å²) in [6.45, 7) is 6.27. The van der Waals surface area contributed by atoms with Crippen molar-refractivity contribution >= 4 is 23.2 Å². The van der Waals surface area contributed by atoms with Gasteiger partial charge in [-0.25, -0.2) is 0 Å². The third-order valence-corrected chi connectivity index (χ3v) is 4.87. The largest absolute Gasteiger partial charge is 0.378 e. The van der Waals surface area contributed by atoms with Gasteiger partial charge in [0.1, 0.15) is 0 Å². The predicted octanol–water partition coefficient (Wildman–Crippen LogP) is 4.85. The highest BCUT2D eigenvalue weighted by Gasteiger charge is 2.27. The molecule has 0 aromatic heterocycles. The quantitative estimate of drug-likeness (QED) is 0.810. The van der Waals surface area contributed by atoms with Crippen LogP contribution in [0, 0.1) is 5.92 Å². The van der Waals surface area contributed by atoms with Crippen molar-refractivity contribution in [3.63, 3.8) is 0 Å². The standard InChI is InChI=1S/C16H23Cl2NO/c1-3-15(11-5-6-13(17)14(18)9-11)19-10-12-7-8-20-16(12)4-2/h5-6,9,12,15-16,19H,3-4,7-8,10H2,1-2H3. The minimum Gasteiger partial charge on any atom is -0.378 e. The lowest BCUT2D eigenvalue weighted by Crippen LogP contribution is -2.31. The summed E-state index contributed by atoms with van der Waals surface area (Å²) in [5, 5.41) is 4.89. The van der Waals surface area contributed by atoms with Gasteiger partial charge in [-0.05, 0) is 42.9 Å². The summed E-state index contributed by atoms with van der Waals surface area (Å²) in [5.74, 6) is 0.622. The second-order valence-corrected chi connectivity index (χ2v) is 6.22. The molecule has 112 valence electrons. The van der Waals surface area contributed by atoms with E-state index in [1.54, 1.807) is 0 Å². The molecule has 2 rings (SSSR count). The Labute approximate surface area is 131 Å². The second kappa shape index (κ2) is 7.65. The summed E-state index contributed by atoms with van der Waals surface area (Å²) in [6, 6.07) is 6.21. The minimum atomic E-state index is 0.322. The van der Waals surface area contributed by atoms with E-state index in [1.807, 2.05) is 12.1 Å². The van der Waals surface area contributed by atoms with Gasteiger partial charge in [0.2, 0.25) is 0 Å². The predicted molar refractivity (Wildman–Crippen MR) is 85.6 cm³/mol. The first-order chi connectivity index (χ1) is 9.65. The van der Waals surface area contributed by atoms with Crippen molar-refractivity contribution in [1.29, 1.82) is 0 Å². The number of hydrogen-bond donors (Lipinski definition) is 1. The minimum absolute atomic E-state index is 0.322. The summed E-state index contributed by atoms with van der Waals surface area (Å²) in [6.07, 6.45) is 3.69. The third kappa shape index (κ3) is 3.88. The Balaban J connectivity index is 1.96. The molecule has 3 unspecified atom stereocenters. The molecule has 20 heavy (non-hydrogen) atoms. The zero-order chi connectivity index (χ0) is 14.5. The molecule has 1 aromatic carbocycles. The Morgan fingerprint density at radius 1 is 1.30 bits per heavy atom. The van der Waals surface area contributed by atoms with Gasteiger partial charge in [0.25, 0.3) is 0 Å². The van der Waals surface area contributed by atoms with E-state index < -0.39 is 0 Å². The molecule has 0 radical (unpaired) electrons. The number of ether oxygens (including phenoxy) is 1. The smallest absolute Gasteiger partial charge is 0.0613 e. The molecule has 0 spiro atoms. The van der Waals surface area contributed by atoms with E-state index in [4.69, 9.17) is 27.9 Å². The van der Waals surface area contributed by atoms with Crippen molar-refractivity contribution in [2.24, 2.45) is 5.92 Å². The second-order valence-electron chi connectivity index (χ2n) is 5.41. The Morgan fingerprint density at radius 3 is 2.75 bits per heavy atom. The first-order valence-corrected chi connectivity index (χ1v) is 8.21. The third-order valence-electron chi connectivity index (χ3n) is 4.13. The summed E-state index contributed by atoms with van der Waals surface area (Å²) >= 11 is 12.1. The van der Waals surface area contributed by atoms with Crippen molar-refractivity contribution < 1.29 is 4.74 Å². The molecule has 2 nitrogen and oxygen atoms in total. The van der Waals surface area contributed by atoms with Crippen LogP contribution in [0.3, 0.4) is 0 Å². The maximum absolute atomic E-state index is 6.11. The lowest BCUT2D eigenvalue weighted by atomic mass is 9.98. The zero-order valence-electron chi connectivity index (χ0n) is 12.2. The van der Waals surface area contributed by atoms with Crippen molar-refractivity contribution in [3.8, 4) is 0 Å². The topological polar surface area (TPSA) is 21.3 Å². The van der Waals surface area contributed by atoms with Gasteiger partial charge in [-0.15, -0.1) is 0 Å². The lowest BCUT2D eigenvalue weighted by molar-refractivity contribution is 0.0865. The van der Waals surface area contributed by atoms with Gasteiger partial charge in [0.05, 0.1) is 16.1 Å². The Kier molecular flexibility index (Phi) is 6.16. The molecular formula is C16H23Cl2NO. The van der Waals surface area contributed by atoms with Gasteiger partial charge in [0.15, 0.2) is 0 Å². The molecule has 4 heteroatoms. The Bertz CT molecular complexity index is 438. The fraction of sp³-hybridized carbons (Fsp3) is 0.625. The summed E-state index contributed by atoms with van der Waals surface area (Å²) in [7, 11) is 0. The molecule has 1 aliphatic heterocycles. The van der Waals surface area contributed by atoms with E-state index in [0.29, 0.717) is 28.1 Å². The van der Waals surface area contributed by atoms with Gasteiger partial charge >= 0.3 is 0 Å². The average Bonchev–Trinajstić information content (AvgIpc) is 2.90. The Morgan fingerprint density at radius 2 is 2.10 bits per heavy atom. The highest BCUT2D eigenvalue weighted by molar-refractivity contribution is 6.42.